The van der Waals surface area contributed by atoms with Crippen LogP contribution in [-0.4, -0.2) is 50.8 Å². The van der Waals surface area contributed by atoms with Gasteiger partial charge in [0.2, 0.25) is 5.88 Å². The van der Waals surface area contributed by atoms with Crippen molar-refractivity contribution in [2.45, 2.75) is 104 Å². The first-order valence-electron chi connectivity index (χ1n) is 15.8. The molecular formula is C33H49N5O4. The summed E-state index contributed by atoms with van der Waals surface area (Å²) in [6.45, 7) is 16.6. The quantitative estimate of drug-likeness (QED) is 0.162. The summed E-state index contributed by atoms with van der Waals surface area (Å²) >= 11 is 0. The van der Waals surface area contributed by atoms with Gasteiger partial charge in [0.1, 0.15) is 29.1 Å². The van der Waals surface area contributed by atoms with Crippen LogP contribution >= 0.6 is 0 Å². The van der Waals surface area contributed by atoms with Crippen LogP contribution in [0.4, 0.5) is 4.79 Å². The highest BCUT2D eigenvalue weighted by molar-refractivity contribution is 6.00. The van der Waals surface area contributed by atoms with Crippen molar-refractivity contribution in [3.05, 3.63) is 42.3 Å². The van der Waals surface area contributed by atoms with Gasteiger partial charge < -0.3 is 19.4 Å². The summed E-state index contributed by atoms with van der Waals surface area (Å²) in [5.41, 5.74) is 0.311. The van der Waals surface area contributed by atoms with Gasteiger partial charge >= 0.3 is 12.1 Å². The predicted molar refractivity (Wildman–Crippen MR) is 164 cm³/mol. The van der Waals surface area contributed by atoms with Crippen molar-refractivity contribution in [3.63, 3.8) is 0 Å². The Morgan fingerprint density at radius 1 is 1.07 bits per heavy atom. The van der Waals surface area contributed by atoms with Gasteiger partial charge in [-0.25, -0.2) is 9.59 Å². The molecule has 2 aromatic rings. The van der Waals surface area contributed by atoms with E-state index in [1.807, 2.05) is 0 Å². The minimum atomic E-state index is -0.691. The molecule has 2 heterocycles. The number of aromatic nitrogens is 3. The van der Waals surface area contributed by atoms with Gasteiger partial charge in [0.05, 0.1) is 0 Å². The van der Waals surface area contributed by atoms with Gasteiger partial charge in [-0.2, -0.15) is 14.9 Å². The van der Waals surface area contributed by atoms with Crippen LogP contribution in [0.3, 0.4) is 0 Å². The number of esters is 1. The second kappa shape index (κ2) is 16.2. The number of hydrogen-bond donors (Lipinski definition) is 1. The van der Waals surface area contributed by atoms with E-state index in [0.29, 0.717) is 23.8 Å². The van der Waals surface area contributed by atoms with Gasteiger partial charge in [-0.1, -0.05) is 72.0 Å². The van der Waals surface area contributed by atoms with Gasteiger partial charge in [-0.05, 0) is 49.9 Å². The average molecular weight is 580 g/mol. The lowest BCUT2D eigenvalue weighted by atomic mass is 9.70. The zero-order valence-corrected chi connectivity index (χ0v) is 26.0. The largest absolute Gasteiger partial charge is 0.458 e. The van der Waals surface area contributed by atoms with E-state index >= 15 is 0 Å². The maximum Gasteiger partial charge on any atom is 0.417 e. The number of fused-ring (bicyclic) bond motifs is 1. The Labute approximate surface area is 250 Å². The smallest absolute Gasteiger partial charge is 0.417 e. The molecule has 0 spiro atoms. The van der Waals surface area contributed by atoms with E-state index in [4.69, 9.17) is 9.47 Å². The molecule has 9 nitrogen and oxygen atoms in total. The van der Waals surface area contributed by atoms with Crippen LogP contribution in [0.2, 0.25) is 0 Å². The van der Waals surface area contributed by atoms with E-state index in [2.05, 4.69) is 57.0 Å². The highest BCUT2D eigenvalue weighted by Gasteiger charge is 2.40. The van der Waals surface area contributed by atoms with Crippen molar-refractivity contribution >= 4 is 17.7 Å². The fourth-order valence-corrected chi connectivity index (χ4v) is 6.22. The lowest BCUT2D eigenvalue weighted by Gasteiger charge is -2.40. The summed E-state index contributed by atoms with van der Waals surface area (Å²) < 4.78 is 13.5. The summed E-state index contributed by atoms with van der Waals surface area (Å²) in [5, 5.41) is 14.9. The molecule has 2 unspecified atom stereocenters. The normalized spacial score (nSPS) is 20.2. The topological polar surface area (TPSA) is 113 Å². The number of ether oxygens (including phenoxy) is 2. The summed E-state index contributed by atoms with van der Waals surface area (Å²) in [6, 6.07) is 2.11. The molecule has 0 aliphatic heterocycles. The Kier molecular flexibility index (Phi) is 12.7. The standard InChI is InChI=1S/C33H49N5O4/c1-7-12-15-24-20-23(6)21-25(16-13-8-2)29(24)41-32(39)28-26(22-34)31(42-33(40)37(18-10-4)19-11-5)38-30(28)35-27(36-38)17-14-9-3/h10-11,23-25,29H,4-5,7-9,12-21H2,1-3,6H3,(H,35,36). The molecular weight excluding hydrogens is 530 g/mol. The Morgan fingerprint density at radius 2 is 1.67 bits per heavy atom. The van der Waals surface area contributed by atoms with Crippen LogP contribution in [0.25, 0.3) is 5.65 Å². The number of rotatable bonds is 16. The average Bonchev–Trinajstić information content (AvgIpc) is 3.51. The number of amides is 1. The molecule has 9 heteroatoms. The molecule has 1 aliphatic rings. The first-order chi connectivity index (χ1) is 20.3. The lowest BCUT2D eigenvalue weighted by Crippen LogP contribution is -2.40. The minimum absolute atomic E-state index is 0.0642. The molecule has 3 rings (SSSR count). The maximum atomic E-state index is 14.1. The molecule has 0 bridgehead atoms. The lowest BCUT2D eigenvalue weighted by molar-refractivity contribution is -0.0393. The van der Waals surface area contributed by atoms with Crippen LogP contribution in [-0.2, 0) is 11.2 Å². The van der Waals surface area contributed by atoms with E-state index in [1.54, 1.807) is 12.2 Å². The zero-order valence-electron chi connectivity index (χ0n) is 26.0. The van der Waals surface area contributed by atoms with Gasteiger partial charge in [-0.3, -0.25) is 0 Å². The van der Waals surface area contributed by atoms with Gasteiger partial charge in [-0.15, -0.1) is 13.2 Å². The SMILES string of the molecule is C=CCN(CC=C)C(=O)Oc1c(C#N)c(C(=O)OC2C(CCCC)CC(C)CC2CCCC)c2[nH]c(CCCC)nn12. The zero-order chi connectivity index (χ0) is 30.6. The minimum Gasteiger partial charge on any atom is -0.458 e. The molecule has 1 fully saturated rings. The number of carbonyl (C=O) groups is 2. The molecule has 230 valence electrons. The summed E-state index contributed by atoms with van der Waals surface area (Å²) in [5.74, 6) is 1.10. The third-order valence-electron chi connectivity index (χ3n) is 8.25. The number of carbonyl (C=O) groups excluding carboxylic acids is 2. The van der Waals surface area contributed by atoms with Crippen molar-refractivity contribution in [1.29, 1.82) is 5.26 Å². The van der Waals surface area contributed by atoms with Crippen LogP contribution < -0.4 is 4.74 Å². The second-order valence-corrected chi connectivity index (χ2v) is 11.7. The van der Waals surface area contributed by atoms with Gasteiger partial charge in [0.25, 0.3) is 0 Å². The van der Waals surface area contributed by atoms with Crippen LogP contribution in [0.5, 0.6) is 5.88 Å². The first kappa shape index (κ1) is 33.0. The maximum absolute atomic E-state index is 14.1. The van der Waals surface area contributed by atoms with Crippen molar-refractivity contribution in [3.8, 4) is 11.9 Å². The van der Waals surface area contributed by atoms with Crippen LogP contribution in [0.15, 0.2) is 25.3 Å². The van der Waals surface area contributed by atoms with E-state index in [9.17, 15) is 14.9 Å². The van der Waals surface area contributed by atoms with Crippen LogP contribution in [0, 0.1) is 29.1 Å². The molecule has 2 atom stereocenters. The monoisotopic (exact) mass is 579 g/mol. The number of aromatic amines is 1. The van der Waals surface area contributed by atoms with E-state index < -0.39 is 12.1 Å². The number of nitriles is 1. The molecule has 0 radical (unpaired) electrons. The number of aryl methyl sites for hydroxylation is 1. The Balaban J connectivity index is 2.05. The number of H-pyrrole nitrogens is 1. The molecule has 0 aromatic carbocycles. The first-order valence-corrected chi connectivity index (χ1v) is 15.8. The Hall–Kier alpha value is -3.54. The number of nitrogens with one attached hydrogen (secondary N) is 1. The number of hydrogen-bond acceptors (Lipinski definition) is 6. The number of unbranched alkanes of at least 4 members (excludes halogenated alkanes) is 3. The van der Waals surface area contributed by atoms with E-state index in [0.717, 1.165) is 64.2 Å². The summed E-state index contributed by atoms with van der Waals surface area (Å²) in [6.07, 6.45) is 13.2. The van der Waals surface area contributed by atoms with Crippen molar-refractivity contribution in [2.24, 2.45) is 17.8 Å². The van der Waals surface area contributed by atoms with E-state index in [-0.39, 0.29) is 48.0 Å². The summed E-state index contributed by atoms with van der Waals surface area (Å²) in [7, 11) is 0. The molecule has 1 N–H and O–H groups in total. The molecule has 1 aliphatic carbocycles. The van der Waals surface area contributed by atoms with Crippen molar-refractivity contribution in [2.75, 3.05) is 13.1 Å². The van der Waals surface area contributed by atoms with E-state index in [1.165, 1.54) is 9.42 Å². The molecule has 0 saturated heterocycles. The van der Waals surface area contributed by atoms with Gasteiger partial charge in [0.15, 0.2) is 5.65 Å². The second-order valence-electron chi connectivity index (χ2n) is 11.7. The van der Waals surface area contributed by atoms with Crippen molar-refractivity contribution < 1.29 is 19.1 Å². The Morgan fingerprint density at radius 3 is 2.19 bits per heavy atom. The molecule has 42 heavy (non-hydrogen) atoms. The number of nitrogens with zero attached hydrogens (tertiary/aromatic N) is 4. The third-order valence-corrected chi connectivity index (χ3v) is 8.25. The highest BCUT2D eigenvalue weighted by atomic mass is 16.6. The highest BCUT2D eigenvalue weighted by Crippen LogP contribution is 2.41. The molecule has 1 saturated carbocycles. The van der Waals surface area contributed by atoms with Gasteiger partial charge in [0, 0.05) is 19.5 Å². The summed E-state index contributed by atoms with van der Waals surface area (Å²) in [4.78, 5) is 31.8. The fraction of sp³-hybridized carbons (Fsp3) is 0.636. The predicted octanol–water partition coefficient (Wildman–Crippen LogP) is 7.62. The molecule has 2 aromatic heterocycles. The third kappa shape index (κ3) is 7.84. The Bertz CT molecular complexity index is 1230. The van der Waals surface area contributed by atoms with Crippen LogP contribution in [0.1, 0.15) is 114 Å². The van der Waals surface area contributed by atoms with Crippen molar-refractivity contribution in [1.82, 2.24) is 19.5 Å². The fourth-order valence-electron chi connectivity index (χ4n) is 6.22. The molecule has 1 amide bonds.